The van der Waals surface area contributed by atoms with Crippen molar-refractivity contribution in [3.63, 3.8) is 0 Å². The lowest BCUT2D eigenvalue weighted by Crippen LogP contribution is -2.33. The van der Waals surface area contributed by atoms with Crippen LogP contribution in [-0.4, -0.2) is 35.0 Å². The van der Waals surface area contributed by atoms with Crippen molar-refractivity contribution in [3.8, 4) is 0 Å². The van der Waals surface area contributed by atoms with Crippen LogP contribution in [0.3, 0.4) is 0 Å². The first kappa shape index (κ1) is 12.8. The Labute approximate surface area is 116 Å². The molecule has 0 radical (unpaired) electrons. The molecule has 1 N–H and O–H groups in total. The van der Waals surface area contributed by atoms with Crippen LogP contribution in [0.1, 0.15) is 9.67 Å². The molecule has 1 saturated heterocycles. The van der Waals surface area contributed by atoms with Gasteiger partial charge in [0.2, 0.25) is 0 Å². The number of halogens is 1. The van der Waals surface area contributed by atoms with Crippen LogP contribution in [0.4, 0.5) is 0 Å². The molecule has 6 heteroatoms. The fourth-order valence-electron chi connectivity index (χ4n) is 1.40. The second-order valence-electron chi connectivity index (χ2n) is 3.38. The van der Waals surface area contributed by atoms with Gasteiger partial charge in [-0.25, -0.2) is 0 Å². The number of rotatable bonds is 3. The molecule has 0 bridgehead atoms. The van der Waals surface area contributed by atoms with E-state index in [1.807, 2.05) is 35.0 Å². The van der Waals surface area contributed by atoms with Crippen LogP contribution in [0.15, 0.2) is 15.9 Å². The molecule has 1 atom stereocenters. The Morgan fingerprint density at radius 3 is 3.06 bits per heavy atom. The first-order valence-corrected chi connectivity index (χ1v) is 8.85. The van der Waals surface area contributed by atoms with Crippen LogP contribution >= 0.6 is 50.8 Å². The molecular weight excluding hydrogens is 326 g/mol. The number of hydrogen-bond donors (Lipinski definition) is 1. The van der Waals surface area contributed by atoms with Crippen LogP contribution in [-0.2, 0) is 0 Å². The number of amides is 1. The summed E-state index contributed by atoms with van der Waals surface area (Å²) in [6.07, 6.45) is 0. The number of thiophene rings is 1. The largest absolute Gasteiger partial charge is 0.350 e. The van der Waals surface area contributed by atoms with Crippen molar-refractivity contribution in [3.05, 3.63) is 20.8 Å². The molecule has 16 heavy (non-hydrogen) atoms. The monoisotopic (exact) mass is 337 g/mol. The summed E-state index contributed by atoms with van der Waals surface area (Å²) in [5, 5.41) is 5.49. The van der Waals surface area contributed by atoms with E-state index in [4.69, 9.17) is 0 Å². The molecular formula is C10H12BrNOS3. The van der Waals surface area contributed by atoms with Gasteiger partial charge in [0.15, 0.2) is 0 Å². The maximum Gasteiger partial charge on any atom is 0.262 e. The van der Waals surface area contributed by atoms with E-state index >= 15 is 0 Å². The van der Waals surface area contributed by atoms with Crippen LogP contribution in [0, 0.1) is 0 Å². The summed E-state index contributed by atoms with van der Waals surface area (Å²) in [7, 11) is 0. The molecule has 2 rings (SSSR count). The van der Waals surface area contributed by atoms with Crippen molar-refractivity contribution in [2.45, 2.75) is 5.25 Å². The Balaban J connectivity index is 1.81. The van der Waals surface area contributed by atoms with Crippen LogP contribution < -0.4 is 5.32 Å². The van der Waals surface area contributed by atoms with E-state index in [1.54, 1.807) is 0 Å². The van der Waals surface area contributed by atoms with Gasteiger partial charge in [0.1, 0.15) is 4.88 Å². The third kappa shape index (κ3) is 3.42. The average Bonchev–Trinajstić information content (AvgIpc) is 2.74. The molecule has 0 saturated carbocycles. The Hall–Kier alpha value is 0.350. The summed E-state index contributed by atoms with van der Waals surface area (Å²) in [6, 6.07) is 1.91. The van der Waals surface area contributed by atoms with Gasteiger partial charge in [-0.1, -0.05) is 0 Å². The Bertz CT molecular complexity index is 363. The highest BCUT2D eigenvalue weighted by Gasteiger charge is 2.17. The Morgan fingerprint density at radius 2 is 2.44 bits per heavy atom. The van der Waals surface area contributed by atoms with Gasteiger partial charge in [-0.3, -0.25) is 4.79 Å². The topological polar surface area (TPSA) is 29.1 Å². The second kappa shape index (κ2) is 6.33. The van der Waals surface area contributed by atoms with Crippen LogP contribution in [0.2, 0.25) is 0 Å². The summed E-state index contributed by atoms with van der Waals surface area (Å²) in [5.41, 5.74) is 0. The molecule has 1 aromatic rings. The highest BCUT2D eigenvalue weighted by atomic mass is 79.9. The van der Waals surface area contributed by atoms with Gasteiger partial charge in [-0.15, -0.1) is 11.3 Å². The third-order valence-corrected chi connectivity index (χ3v) is 6.88. The highest BCUT2D eigenvalue weighted by Crippen LogP contribution is 2.24. The normalized spacial score (nSPS) is 20.7. The zero-order chi connectivity index (χ0) is 11.4. The second-order valence-corrected chi connectivity index (χ2v) is 7.70. The summed E-state index contributed by atoms with van der Waals surface area (Å²) in [6.45, 7) is 0.779. The lowest BCUT2D eigenvalue weighted by Gasteiger charge is -2.20. The van der Waals surface area contributed by atoms with Crippen molar-refractivity contribution in [2.24, 2.45) is 0 Å². The van der Waals surface area contributed by atoms with Gasteiger partial charge in [0, 0.05) is 33.5 Å². The van der Waals surface area contributed by atoms with Crippen molar-refractivity contribution in [2.75, 3.05) is 23.8 Å². The number of carbonyl (C=O) groups is 1. The zero-order valence-corrected chi connectivity index (χ0v) is 12.6. The lowest BCUT2D eigenvalue weighted by molar-refractivity contribution is 0.0957. The average molecular weight is 338 g/mol. The van der Waals surface area contributed by atoms with Crippen LogP contribution in [0.25, 0.3) is 0 Å². The minimum Gasteiger partial charge on any atom is -0.350 e. The highest BCUT2D eigenvalue weighted by molar-refractivity contribution is 9.10. The third-order valence-electron chi connectivity index (χ3n) is 2.20. The van der Waals surface area contributed by atoms with Gasteiger partial charge >= 0.3 is 0 Å². The predicted octanol–water partition coefficient (Wildman–Crippen LogP) is 3.09. The molecule has 1 aliphatic heterocycles. The van der Waals surface area contributed by atoms with Gasteiger partial charge in [-0.05, 0) is 27.4 Å². The van der Waals surface area contributed by atoms with Gasteiger partial charge < -0.3 is 5.32 Å². The first-order valence-electron chi connectivity index (χ1n) is 4.98. The number of hydrogen-bond acceptors (Lipinski definition) is 4. The summed E-state index contributed by atoms with van der Waals surface area (Å²) in [4.78, 5) is 12.6. The van der Waals surface area contributed by atoms with Crippen LogP contribution in [0.5, 0.6) is 0 Å². The quantitative estimate of drug-likeness (QED) is 0.918. The van der Waals surface area contributed by atoms with Gasteiger partial charge in [0.05, 0.1) is 0 Å². The van der Waals surface area contributed by atoms with Crippen molar-refractivity contribution < 1.29 is 4.79 Å². The maximum absolute atomic E-state index is 11.8. The Kier molecular flexibility index (Phi) is 5.06. The molecule has 1 fully saturated rings. The molecule has 0 spiro atoms. The molecule has 1 amide bonds. The molecule has 0 aliphatic carbocycles. The molecule has 88 valence electrons. The van der Waals surface area contributed by atoms with E-state index < -0.39 is 0 Å². The summed E-state index contributed by atoms with van der Waals surface area (Å²) >= 11 is 8.79. The summed E-state index contributed by atoms with van der Waals surface area (Å²) < 4.78 is 0.890. The molecule has 1 aromatic heterocycles. The Morgan fingerprint density at radius 1 is 1.56 bits per heavy atom. The molecule has 1 unspecified atom stereocenters. The number of thioether (sulfide) groups is 2. The van der Waals surface area contributed by atoms with E-state index in [-0.39, 0.29) is 5.91 Å². The molecule has 0 aromatic carbocycles. The molecule has 2 heterocycles. The minimum atomic E-state index is 0.0399. The first-order chi connectivity index (χ1) is 7.77. The smallest absolute Gasteiger partial charge is 0.262 e. The van der Waals surface area contributed by atoms with Gasteiger partial charge in [-0.2, -0.15) is 23.5 Å². The minimum absolute atomic E-state index is 0.0399. The summed E-state index contributed by atoms with van der Waals surface area (Å²) in [5.74, 6) is 3.63. The SMILES string of the molecule is O=C(NCC1CSCCS1)c1sccc1Br. The molecule has 1 aliphatic rings. The van der Waals surface area contributed by atoms with E-state index in [9.17, 15) is 4.79 Å². The van der Waals surface area contributed by atoms with E-state index in [0.717, 1.165) is 21.6 Å². The van der Waals surface area contributed by atoms with E-state index in [2.05, 4.69) is 21.2 Å². The van der Waals surface area contributed by atoms with Crippen molar-refractivity contribution in [1.82, 2.24) is 5.32 Å². The standard InChI is InChI=1S/C10H12BrNOS3/c11-8-1-2-16-9(8)10(13)12-5-7-6-14-3-4-15-7/h1-2,7H,3-6H2,(H,12,13). The predicted molar refractivity (Wildman–Crippen MR) is 77.9 cm³/mol. The van der Waals surface area contributed by atoms with Gasteiger partial charge in [0.25, 0.3) is 5.91 Å². The van der Waals surface area contributed by atoms with E-state index in [0.29, 0.717) is 5.25 Å². The number of carbonyl (C=O) groups excluding carboxylic acids is 1. The fraction of sp³-hybridized carbons (Fsp3) is 0.500. The van der Waals surface area contributed by atoms with Crippen molar-refractivity contribution in [1.29, 1.82) is 0 Å². The maximum atomic E-state index is 11.8. The fourth-order valence-corrected chi connectivity index (χ4v) is 5.48. The molecule has 2 nitrogen and oxygen atoms in total. The lowest BCUT2D eigenvalue weighted by atomic mass is 10.4. The van der Waals surface area contributed by atoms with E-state index in [1.165, 1.54) is 22.8 Å². The number of nitrogens with one attached hydrogen (secondary N) is 1. The zero-order valence-electron chi connectivity index (χ0n) is 8.57. The van der Waals surface area contributed by atoms with Crippen molar-refractivity contribution >= 4 is 56.7 Å².